The van der Waals surface area contributed by atoms with Crippen LogP contribution >= 0.6 is 11.3 Å². The Kier molecular flexibility index (Phi) is 4.22. The molecule has 1 aromatic rings. The van der Waals surface area contributed by atoms with E-state index >= 15 is 0 Å². The van der Waals surface area contributed by atoms with E-state index in [2.05, 4.69) is 27.8 Å². The first kappa shape index (κ1) is 13.6. The molecule has 1 aliphatic carbocycles. The summed E-state index contributed by atoms with van der Waals surface area (Å²) in [5.74, 6) is 5.97. The lowest BCUT2D eigenvalue weighted by Crippen LogP contribution is -2.57. The number of nitrogens with one attached hydrogen (secondary N) is 1. The molecule has 1 saturated carbocycles. The van der Waals surface area contributed by atoms with E-state index in [0.29, 0.717) is 6.04 Å². The van der Waals surface area contributed by atoms with Gasteiger partial charge in [0.05, 0.1) is 6.04 Å². The zero-order chi connectivity index (χ0) is 13.1. The Labute approximate surface area is 120 Å². The van der Waals surface area contributed by atoms with E-state index in [1.54, 1.807) is 0 Å². The van der Waals surface area contributed by atoms with Gasteiger partial charge in [0.2, 0.25) is 0 Å². The molecule has 3 N–H and O–H groups in total. The number of nitrogens with zero attached hydrogens (tertiary/aromatic N) is 1. The third kappa shape index (κ3) is 2.47. The van der Waals surface area contributed by atoms with Crippen molar-refractivity contribution in [3.05, 3.63) is 22.4 Å². The Morgan fingerprint density at radius 3 is 2.47 bits per heavy atom. The van der Waals surface area contributed by atoms with Gasteiger partial charge in [0.15, 0.2) is 0 Å². The minimum Gasteiger partial charge on any atom is -0.296 e. The Morgan fingerprint density at radius 1 is 1.16 bits per heavy atom. The number of piperidine rings is 1. The number of thiophene rings is 1. The van der Waals surface area contributed by atoms with Gasteiger partial charge in [0, 0.05) is 10.4 Å². The van der Waals surface area contributed by atoms with Crippen molar-refractivity contribution in [2.45, 2.75) is 56.5 Å². The first-order chi connectivity index (χ1) is 9.37. The molecule has 19 heavy (non-hydrogen) atoms. The van der Waals surface area contributed by atoms with Crippen LogP contribution in [-0.2, 0) is 0 Å². The highest BCUT2D eigenvalue weighted by atomic mass is 32.1. The molecule has 0 spiro atoms. The van der Waals surface area contributed by atoms with E-state index in [4.69, 9.17) is 5.84 Å². The second-order valence-corrected chi connectivity index (χ2v) is 6.95. The number of hydrogen-bond donors (Lipinski definition) is 2. The summed E-state index contributed by atoms with van der Waals surface area (Å²) in [6, 6.07) is 4.68. The van der Waals surface area contributed by atoms with Crippen molar-refractivity contribution in [2.24, 2.45) is 5.84 Å². The van der Waals surface area contributed by atoms with Crippen LogP contribution in [-0.4, -0.2) is 23.5 Å². The van der Waals surface area contributed by atoms with Crippen molar-refractivity contribution < 1.29 is 0 Å². The number of rotatable bonds is 4. The van der Waals surface area contributed by atoms with Crippen molar-refractivity contribution in [2.75, 3.05) is 13.1 Å². The van der Waals surface area contributed by atoms with Crippen molar-refractivity contribution in [3.8, 4) is 0 Å². The minimum absolute atomic E-state index is 0.264. The number of likely N-dealkylation sites (tertiary alicyclic amines) is 1. The predicted octanol–water partition coefficient (Wildman–Crippen LogP) is 3.05. The summed E-state index contributed by atoms with van der Waals surface area (Å²) < 4.78 is 0. The van der Waals surface area contributed by atoms with Crippen LogP contribution in [0, 0.1) is 0 Å². The number of nitrogens with two attached hydrogens (primary N) is 1. The van der Waals surface area contributed by atoms with E-state index in [-0.39, 0.29) is 5.54 Å². The van der Waals surface area contributed by atoms with Crippen molar-refractivity contribution in [1.82, 2.24) is 10.3 Å². The summed E-state index contributed by atoms with van der Waals surface area (Å²) in [6.45, 7) is 2.51. The predicted molar refractivity (Wildman–Crippen MR) is 81.0 cm³/mol. The van der Waals surface area contributed by atoms with Gasteiger partial charge >= 0.3 is 0 Å². The highest BCUT2D eigenvalue weighted by molar-refractivity contribution is 7.10. The highest BCUT2D eigenvalue weighted by Crippen LogP contribution is 2.46. The molecule has 1 aliphatic heterocycles. The van der Waals surface area contributed by atoms with Crippen LogP contribution in [0.25, 0.3) is 0 Å². The molecule has 4 heteroatoms. The molecule has 0 aromatic carbocycles. The zero-order valence-electron chi connectivity index (χ0n) is 11.6. The average molecular weight is 279 g/mol. The van der Waals surface area contributed by atoms with Crippen LogP contribution < -0.4 is 11.3 Å². The first-order valence-corrected chi connectivity index (χ1v) is 8.49. The quantitative estimate of drug-likeness (QED) is 0.657. The SMILES string of the molecule is NNC(c1cccs1)C1(N2CCCCC2)CCCC1. The molecule has 0 amide bonds. The van der Waals surface area contributed by atoms with Gasteiger partial charge in [-0.1, -0.05) is 25.3 Å². The molecular weight excluding hydrogens is 254 g/mol. The summed E-state index contributed by atoms with van der Waals surface area (Å²) in [6.07, 6.45) is 9.37. The zero-order valence-corrected chi connectivity index (χ0v) is 12.4. The maximum atomic E-state index is 5.97. The molecule has 1 saturated heterocycles. The van der Waals surface area contributed by atoms with Gasteiger partial charge in [0.1, 0.15) is 0 Å². The summed E-state index contributed by atoms with van der Waals surface area (Å²) in [7, 11) is 0. The minimum atomic E-state index is 0.264. The maximum absolute atomic E-state index is 5.97. The molecular formula is C15H25N3S. The topological polar surface area (TPSA) is 41.3 Å². The van der Waals surface area contributed by atoms with E-state index in [9.17, 15) is 0 Å². The molecule has 2 fully saturated rings. The van der Waals surface area contributed by atoms with Gasteiger partial charge in [-0.25, -0.2) is 0 Å². The van der Waals surface area contributed by atoms with Crippen molar-refractivity contribution in [3.63, 3.8) is 0 Å². The van der Waals surface area contributed by atoms with Crippen LogP contribution in [0.2, 0.25) is 0 Å². The fourth-order valence-corrected chi connectivity index (χ4v) is 4.97. The second kappa shape index (κ2) is 5.92. The maximum Gasteiger partial charge on any atom is 0.0736 e. The van der Waals surface area contributed by atoms with Crippen LogP contribution in [0.5, 0.6) is 0 Å². The first-order valence-electron chi connectivity index (χ1n) is 7.61. The summed E-state index contributed by atoms with van der Waals surface area (Å²) in [5, 5.41) is 2.17. The second-order valence-electron chi connectivity index (χ2n) is 5.97. The third-order valence-electron chi connectivity index (χ3n) is 4.99. The van der Waals surface area contributed by atoms with Gasteiger partial charge in [-0.2, -0.15) is 0 Å². The lowest BCUT2D eigenvalue weighted by molar-refractivity contribution is 0.0371. The molecule has 106 valence electrons. The van der Waals surface area contributed by atoms with Gasteiger partial charge in [-0.05, 0) is 50.2 Å². The molecule has 2 heterocycles. The van der Waals surface area contributed by atoms with E-state index in [0.717, 1.165) is 0 Å². The van der Waals surface area contributed by atoms with Crippen LogP contribution in [0.3, 0.4) is 0 Å². The average Bonchev–Trinajstić information content (AvgIpc) is 3.13. The molecule has 3 nitrogen and oxygen atoms in total. The monoisotopic (exact) mass is 279 g/mol. The number of hydrazine groups is 1. The Balaban J connectivity index is 1.89. The Hall–Kier alpha value is -0.420. The van der Waals surface area contributed by atoms with Gasteiger partial charge in [-0.15, -0.1) is 11.3 Å². The van der Waals surface area contributed by atoms with E-state index in [1.165, 1.54) is 62.9 Å². The molecule has 1 atom stereocenters. The van der Waals surface area contributed by atoms with Gasteiger partial charge in [-0.3, -0.25) is 16.2 Å². The van der Waals surface area contributed by atoms with Crippen molar-refractivity contribution >= 4 is 11.3 Å². The van der Waals surface area contributed by atoms with Crippen LogP contribution in [0.15, 0.2) is 17.5 Å². The van der Waals surface area contributed by atoms with Crippen molar-refractivity contribution in [1.29, 1.82) is 0 Å². The van der Waals surface area contributed by atoms with Gasteiger partial charge in [0.25, 0.3) is 0 Å². The number of hydrogen-bond acceptors (Lipinski definition) is 4. The molecule has 0 radical (unpaired) electrons. The smallest absolute Gasteiger partial charge is 0.0736 e. The largest absolute Gasteiger partial charge is 0.296 e. The molecule has 0 bridgehead atoms. The highest BCUT2D eigenvalue weighted by Gasteiger charge is 2.46. The van der Waals surface area contributed by atoms with Crippen LogP contribution in [0.1, 0.15) is 55.9 Å². The fraction of sp³-hybridized carbons (Fsp3) is 0.733. The molecule has 1 aromatic heterocycles. The summed E-state index contributed by atoms with van der Waals surface area (Å²) in [4.78, 5) is 4.14. The lowest BCUT2D eigenvalue weighted by Gasteiger charge is -2.48. The van der Waals surface area contributed by atoms with E-state index in [1.807, 2.05) is 11.3 Å². The fourth-order valence-electron chi connectivity index (χ4n) is 4.07. The molecule has 3 rings (SSSR count). The summed E-state index contributed by atoms with van der Waals surface area (Å²) >= 11 is 1.84. The standard InChI is InChI=1S/C15H25N3S/c16-17-14(13-7-6-12-19-13)15(8-2-3-9-15)18-10-4-1-5-11-18/h6-7,12,14,17H,1-5,8-11,16H2. The van der Waals surface area contributed by atoms with Crippen LogP contribution in [0.4, 0.5) is 0 Å². The normalized spacial score (nSPS) is 25.5. The molecule has 2 aliphatic rings. The molecule has 1 unspecified atom stereocenters. The lowest BCUT2D eigenvalue weighted by atomic mass is 9.84. The Morgan fingerprint density at radius 2 is 1.89 bits per heavy atom. The van der Waals surface area contributed by atoms with E-state index < -0.39 is 0 Å². The third-order valence-corrected chi connectivity index (χ3v) is 5.92. The Bertz CT molecular complexity index is 378. The van der Waals surface area contributed by atoms with Gasteiger partial charge < -0.3 is 0 Å². The summed E-state index contributed by atoms with van der Waals surface area (Å²) in [5.41, 5.74) is 3.42.